The van der Waals surface area contributed by atoms with Crippen LogP contribution in [0, 0.1) is 18.8 Å². The van der Waals surface area contributed by atoms with E-state index in [-0.39, 0.29) is 29.7 Å². The summed E-state index contributed by atoms with van der Waals surface area (Å²) in [5, 5.41) is 8.62. The lowest BCUT2D eigenvalue weighted by Crippen LogP contribution is -2.23. The third-order valence-corrected chi connectivity index (χ3v) is 6.93. The van der Waals surface area contributed by atoms with Crippen LogP contribution in [0.5, 0.6) is 0 Å². The van der Waals surface area contributed by atoms with Crippen LogP contribution in [0.1, 0.15) is 62.1 Å². The zero-order valence-corrected chi connectivity index (χ0v) is 21.0. The smallest absolute Gasteiger partial charge is 0.305 e. The van der Waals surface area contributed by atoms with E-state index in [4.69, 9.17) is 14.5 Å². The van der Waals surface area contributed by atoms with Crippen LogP contribution in [0.15, 0.2) is 35.9 Å². The Labute approximate surface area is 206 Å². The number of esters is 1. The van der Waals surface area contributed by atoms with Gasteiger partial charge in [-0.25, -0.2) is 0 Å². The third kappa shape index (κ3) is 5.75. The van der Waals surface area contributed by atoms with E-state index >= 15 is 0 Å². The molecule has 1 aliphatic carbocycles. The van der Waals surface area contributed by atoms with Gasteiger partial charge in [0.1, 0.15) is 5.69 Å². The Morgan fingerprint density at radius 2 is 2.11 bits per heavy atom. The zero-order valence-electron chi connectivity index (χ0n) is 21.0. The molecule has 0 radical (unpaired) electrons. The van der Waals surface area contributed by atoms with Crippen molar-refractivity contribution in [1.29, 1.82) is 0 Å². The minimum absolute atomic E-state index is 0.102. The van der Waals surface area contributed by atoms with E-state index in [1.165, 1.54) is 12.7 Å². The molecule has 8 heteroatoms. The summed E-state index contributed by atoms with van der Waals surface area (Å²) in [6, 6.07) is 3.99. The lowest BCUT2D eigenvalue weighted by atomic mass is 9.88. The number of nitrogens with zero attached hydrogens (tertiary/aromatic N) is 4. The molecule has 2 aliphatic rings. The topological polar surface area (TPSA) is 96.2 Å². The number of rotatable bonds is 8. The summed E-state index contributed by atoms with van der Waals surface area (Å²) < 4.78 is 12.6. The first-order valence-electron chi connectivity index (χ1n) is 12.4. The lowest BCUT2D eigenvalue weighted by Gasteiger charge is -2.30. The second-order valence-corrected chi connectivity index (χ2v) is 9.45. The van der Waals surface area contributed by atoms with Gasteiger partial charge in [0, 0.05) is 43.7 Å². The van der Waals surface area contributed by atoms with E-state index in [0.717, 1.165) is 48.3 Å². The molecule has 3 atom stereocenters. The van der Waals surface area contributed by atoms with Crippen molar-refractivity contribution in [1.82, 2.24) is 20.0 Å². The van der Waals surface area contributed by atoms with E-state index in [0.29, 0.717) is 25.1 Å². The fourth-order valence-corrected chi connectivity index (χ4v) is 4.97. The van der Waals surface area contributed by atoms with Crippen molar-refractivity contribution < 1.29 is 19.1 Å². The fraction of sp³-hybridized carbons (Fsp3) is 0.519. The maximum Gasteiger partial charge on any atom is 0.305 e. The first kappa shape index (κ1) is 25.0. The molecule has 3 unspecified atom stereocenters. The Kier molecular flexibility index (Phi) is 7.90. The van der Waals surface area contributed by atoms with Crippen molar-refractivity contribution in [2.75, 3.05) is 13.7 Å². The maximum absolute atomic E-state index is 12.6. The van der Waals surface area contributed by atoms with Crippen LogP contribution >= 0.6 is 0 Å². The van der Waals surface area contributed by atoms with E-state index in [1.807, 2.05) is 32.2 Å². The number of hydrogen-bond acceptors (Lipinski definition) is 7. The summed E-state index contributed by atoms with van der Waals surface area (Å²) in [7, 11) is 3.28. The molecule has 0 amide bonds. The molecule has 0 N–H and O–H groups in total. The molecular formula is C27H34N4O4. The third-order valence-electron chi connectivity index (χ3n) is 6.93. The maximum atomic E-state index is 12.6. The number of aromatic nitrogens is 4. The van der Waals surface area contributed by atoms with E-state index in [2.05, 4.69) is 23.3 Å². The molecule has 3 heterocycles. The van der Waals surface area contributed by atoms with Gasteiger partial charge in [-0.1, -0.05) is 42.3 Å². The fourth-order valence-electron chi connectivity index (χ4n) is 4.97. The van der Waals surface area contributed by atoms with Gasteiger partial charge in [-0.3, -0.25) is 19.3 Å². The van der Waals surface area contributed by atoms with Crippen molar-refractivity contribution in [3.05, 3.63) is 52.9 Å². The number of ketones is 1. The monoisotopic (exact) mass is 478 g/mol. The molecule has 4 rings (SSSR count). The molecular weight excluding hydrogens is 444 g/mol. The molecule has 0 saturated carbocycles. The Morgan fingerprint density at radius 1 is 1.29 bits per heavy atom. The Morgan fingerprint density at radius 3 is 2.86 bits per heavy atom. The van der Waals surface area contributed by atoms with Crippen LogP contribution in [0.2, 0.25) is 0 Å². The summed E-state index contributed by atoms with van der Waals surface area (Å²) >= 11 is 0. The minimum Gasteiger partial charge on any atom is -0.469 e. The number of ether oxygens (including phenoxy) is 2. The Hall–Kier alpha value is -3.13. The van der Waals surface area contributed by atoms with Gasteiger partial charge in [0.25, 0.3) is 0 Å². The Bertz CT molecular complexity index is 1150. The summed E-state index contributed by atoms with van der Waals surface area (Å²) in [4.78, 5) is 29.1. The second-order valence-electron chi connectivity index (χ2n) is 9.45. The van der Waals surface area contributed by atoms with Crippen LogP contribution in [0.4, 0.5) is 0 Å². The quantitative estimate of drug-likeness (QED) is 0.524. The average molecular weight is 479 g/mol. The molecule has 0 bridgehead atoms. The van der Waals surface area contributed by atoms with Crippen LogP contribution < -0.4 is 0 Å². The molecule has 1 saturated heterocycles. The number of hydrogen-bond donors (Lipinski definition) is 0. The van der Waals surface area contributed by atoms with Gasteiger partial charge in [0.2, 0.25) is 0 Å². The standard InChI is InChI=1S/C27H34N4O4/c1-5-6-18-7-10-24(32)20(13-18)16-23-27(29-30-31(23)3)22-9-8-21(17(2)28-22)25-14-19(11-12-35-25)15-26(33)34-4/h7-10,13,19-20,25H,5-6,11-12,14-16H2,1-4H3. The van der Waals surface area contributed by atoms with Gasteiger partial charge in [0.15, 0.2) is 5.78 Å². The number of carbonyl (C=O) groups is 2. The van der Waals surface area contributed by atoms with Crippen molar-refractivity contribution in [2.45, 2.75) is 58.5 Å². The first-order valence-corrected chi connectivity index (χ1v) is 12.4. The molecule has 186 valence electrons. The first-order chi connectivity index (χ1) is 16.9. The highest BCUT2D eigenvalue weighted by Crippen LogP contribution is 2.35. The van der Waals surface area contributed by atoms with E-state index < -0.39 is 0 Å². The predicted octanol–water partition coefficient (Wildman–Crippen LogP) is 4.24. The van der Waals surface area contributed by atoms with Crippen LogP contribution in [-0.2, 0) is 32.5 Å². The van der Waals surface area contributed by atoms with Gasteiger partial charge < -0.3 is 9.47 Å². The summed E-state index contributed by atoms with van der Waals surface area (Å²) in [5.41, 5.74) is 5.40. The number of allylic oxidation sites excluding steroid dienone is 4. The second kappa shape index (κ2) is 11.1. The van der Waals surface area contributed by atoms with Crippen molar-refractivity contribution in [3.8, 4) is 11.4 Å². The van der Waals surface area contributed by atoms with Gasteiger partial charge in [-0.2, -0.15) is 0 Å². The largest absolute Gasteiger partial charge is 0.469 e. The lowest BCUT2D eigenvalue weighted by molar-refractivity contribution is -0.143. The van der Waals surface area contributed by atoms with Crippen molar-refractivity contribution >= 4 is 11.8 Å². The molecule has 2 aromatic heterocycles. The molecule has 0 spiro atoms. The molecule has 1 fully saturated rings. The molecule has 8 nitrogen and oxygen atoms in total. The van der Waals surface area contributed by atoms with Gasteiger partial charge >= 0.3 is 5.97 Å². The minimum atomic E-state index is -0.222. The molecule has 1 aliphatic heterocycles. The molecule has 35 heavy (non-hydrogen) atoms. The number of carbonyl (C=O) groups excluding carboxylic acids is 2. The summed E-state index contributed by atoms with van der Waals surface area (Å²) in [6.45, 7) is 4.72. The highest BCUT2D eigenvalue weighted by Gasteiger charge is 2.28. The van der Waals surface area contributed by atoms with Crippen LogP contribution in [0.3, 0.4) is 0 Å². The normalized spacial score (nSPS) is 22.2. The number of aryl methyl sites for hydroxylation is 2. The van der Waals surface area contributed by atoms with E-state index in [1.54, 1.807) is 10.8 Å². The molecule has 2 aromatic rings. The summed E-state index contributed by atoms with van der Waals surface area (Å²) in [5.74, 6) is -0.0630. The Balaban J connectivity index is 1.54. The van der Waals surface area contributed by atoms with Crippen LogP contribution in [0.25, 0.3) is 11.4 Å². The number of pyridine rings is 1. The SMILES string of the molecule is CCCC1=CC(Cc2c(-c3ccc(C4CC(CC(=O)OC)CCO4)c(C)n3)nnn2C)C(=O)C=C1. The summed E-state index contributed by atoms with van der Waals surface area (Å²) in [6.07, 6.45) is 10.1. The highest BCUT2D eigenvalue weighted by molar-refractivity contribution is 5.95. The van der Waals surface area contributed by atoms with Gasteiger partial charge in [-0.15, -0.1) is 5.10 Å². The van der Waals surface area contributed by atoms with Gasteiger partial charge in [0.05, 0.1) is 24.6 Å². The number of methoxy groups -OCH3 is 1. The predicted molar refractivity (Wildman–Crippen MR) is 131 cm³/mol. The van der Waals surface area contributed by atoms with E-state index in [9.17, 15) is 9.59 Å². The van der Waals surface area contributed by atoms with Crippen molar-refractivity contribution in [3.63, 3.8) is 0 Å². The van der Waals surface area contributed by atoms with Gasteiger partial charge in [-0.05, 0) is 44.2 Å². The highest BCUT2D eigenvalue weighted by atomic mass is 16.5. The van der Waals surface area contributed by atoms with Crippen LogP contribution in [-0.4, -0.2) is 45.4 Å². The zero-order chi connectivity index (χ0) is 24.9. The average Bonchev–Trinajstić information content (AvgIpc) is 3.21. The molecule has 0 aromatic carbocycles. The van der Waals surface area contributed by atoms with Crippen molar-refractivity contribution in [2.24, 2.45) is 18.9 Å².